The summed E-state index contributed by atoms with van der Waals surface area (Å²) < 4.78 is 0.573. The number of para-hydroxylation sites is 2. The third-order valence-electron chi connectivity index (χ3n) is 2.67. The van der Waals surface area contributed by atoms with Gasteiger partial charge in [-0.3, -0.25) is 0 Å². The maximum atomic E-state index is 11.9. The van der Waals surface area contributed by atoms with Gasteiger partial charge in [0.1, 0.15) is 0 Å². The van der Waals surface area contributed by atoms with Crippen molar-refractivity contribution in [1.29, 1.82) is 0 Å². The fraction of sp³-hybridized carbons (Fsp3) is 0. The summed E-state index contributed by atoms with van der Waals surface area (Å²) in [6.07, 6.45) is 0. The summed E-state index contributed by atoms with van der Waals surface area (Å²) >= 11 is 3.25. The molecule has 7 heteroatoms. The van der Waals surface area contributed by atoms with Crippen LogP contribution in [-0.4, -0.2) is 17.1 Å². The predicted molar refractivity (Wildman–Crippen MR) is 84.6 cm³/mol. The summed E-state index contributed by atoms with van der Waals surface area (Å²) in [5.74, 6) is -1.07. The monoisotopic (exact) mass is 349 g/mol. The van der Waals surface area contributed by atoms with E-state index in [2.05, 4.69) is 26.6 Å². The van der Waals surface area contributed by atoms with Crippen LogP contribution < -0.4 is 16.4 Å². The number of halogens is 1. The molecular formula is C14H12BrN3O3. The summed E-state index contributed by atoms with van der Waals surface area (Å²) in [6.45, 7) is 0. The van der Waals surface area contributed by atoms with E-state index >= 15 is 0 Å². The van der Waals surface area contributed by atoms with E-state index in [1.807, 2.05) is 0 Å². The number of carboxylic acids is 1. The molecule has 0 fully saturated rings. The zero-order valence-electron chi connectivity index (χ0n) is 10.8. The van der Waals surface area contributed by atoms with E-state index in [0.717, 1.165) is 0 Å². The number of carbonyl (C=O) groups is 2. The SMILES string of the molecule is Nc1ccccc1NC(=O)Nc1cc(C(=O)O)ccc1Br. The van der Waals surface area contributed by atoms with Gasteiger partial charge in [0, 0.05) is 4.47 Å². The normalized spacial score (nSPS) is 9.95. The highest BCUT2D eigenvalue weighted by molar-refractivity contribution is 9.10. The average Bonchev–Trinajstić information content (AvgIpc) is 2.43. The number of urea groups is 1. The number of carboxylic acid groups (broad SMARTS) is 1. The first-order valence-corrected chi connectivity index (χ1v) is 6.72. The Hall–Kier alpha value is -2.54. The Bertz CT molecular complexity index is 704. The van der Waals surface area contributed by atoms with Gasteiger partial charge in [-0.1, -0.05) is 12.1 Å². The Labute approximate surface area is 129 Å². The lowest BCUT2D eigenvalue weighted by molar-refractivity contribution is 0.0697. The Kier molecular flexibility index (Phi) is 4.44. The van der Waals surface area contributed by atoms with Crippen LogP contribution >= 0.6 is 15.9 Å². The number of aromatic carboxylic acids is 1. The molecule has 5 N–H and O–H groups in total. The van der Waals surface area contributed by atoms with Crippen molar-refractivity contribution in [2.24, 2.45) is 0 Å². The highest BCUT2D eigenvalue weighted by Crippen LogP contribution is 2.24. The van der Waals surface area contributed by atoms with Crippen LogP contribution in [0.2, 0.25) is 0 Å². The molecule has 0 unspecified atom stereocenters. The Morgan fingerprint density at radius 3 is 2.38 bits per heavy atom. The van der Waals surface area contributed by atoms with Gasteiger partial charge < -0.3 is 21.5 Å². The van der Waals surface area contributed by atoms with Crippen LogP contribution in [0.3, 0.4) is 0 Å². The van der Waals surface area contributed by atoms with Crippen LogP contribution in [0.15, 0.2) is 46.9 Å². The fourth-order valence-electron chi connectivity index (χ4n) is 1.64. The fourth-order valence-corrected chi connectivity index (χ4v) is 1.99. The first-order chi connectivity index (χ1) is 9.97. The van der Waals surface area contributed by atoms with Gasteiger partial charge in [-0.05, 0) is 46.3 Å². The second-order valence-corrected chi connectivity index (χ2v) is 5.02. The molecule has 0 heterocycles. The number of rotatable bonds is 3. The molecule has 21 heavy (non-hydrogen) atoms. The number of benzene rings is 2. The Morgan fingerprint density at radius 2 is 1.71 bits per heavy atom. The van der Waals surface area contributed by atoms with Gasteiger partial charge in [-0.25, -0.2) is 9.59 Å². The third-order valence-corrected chi connectivity index (χ3v) is 3.36. The molecule has 108 valence electrons. The van der Waals surface area contributed by atoms with Crippen LogP contribution in [0.1, 0.15) is 10.4 Å². The molecular weight excluding hydrogens is 338 g/mol. The van der Waals surface area contributed by atoms with Gasteiger partial charge in [0.05, 0.1) is 22.6 Å². The number of nitrogen functional groups attached to an aromatic ring is 1. The molecule has 0 aliphatic rings. The maximum Gasteiger partial charge on any atom is 0.335 e. The lowest BCUT2D eigenvalue weighted by Gasteiger charge is -2.11. The minimum atomic E-state index is -1.07. The first-order valence-electron chi connectivity index (χ1n) is 5.92. The van der Waals surface area contributed by atoms with Crippen molar-refractivity contribution in [3.05, 3.63) is 52.5 Å². The number of amides is 2. The van der Waals surface area contributed by atoms with Crippen molar-refractivity contribution in [3.8, 4) is 0 Å². The molecule has 2 aromatic carbocycles. The van der Waals surface area contributed by atoms with Crippen LogP contribution in [0.5, 0.6) is 0 Å². The van der Waals surface area contributed by atoms with E-state index in [1.54, 1.807) is 30.3 Å². The van der Waals surface area contributed by atoms with E-state index in [4.69, 9.17) is 10.8 Å². The summed E-state index contributed by atoms with van der Waals surface area (Å²) in [6, 6.07) is 10.7. The van der Waals surface area contributed by atoms with Crippen molar-refractivity contribution in [1.82, 2.24) is 0 Å². The maximum absolute atomic E-state index is 11.9. The number of hydrogen-bond donors (Lipinski definition) is 4. The average molecular weight is 350 g/mol. The number of nitrogens with one attached hydrogen (secondary N) is 2. The van der Waals surface area contributed by atoms with Gasteiger partial charge in [0.25, 0.3) is 0 Å². The molecule has 0 radical (unpaired) electrons. The number of anilines is 3. The second kappa shape index (κ2) is 6.27. The predicted octanol–water partition coefficient (Wildman–Crippen LogP) is 3.37. The summed E-state index contributed by atoms with van der Waals surface area (Å²) in [4.78, 5) is 22.8. The topological polar surface area (TPSA) is 104 Å². The molecule has 0 saturated heterocycles. The first kappa shape index (κ1) is 14.9. The summed E-state index contributed by atoms with van der Waals surface area (Å²) in [5.41, 5.74) is 7.06. The molecule has 0 saturated carbocycles. The minimum Gasteiger partial charge on any atom is -0.478 e. The van der Waals surface area contributed by atoms with E-state index < -0.39 is 12.0 Å². The zero-order chi connectivity index (χ0) is 15.4. The minimum absolute atomic E-state index is 0.0766. The number of hydrogen-bond acceptors (Lipinski definition) is 3. The van der Waals surface area contributed by atoms with E-state index in [0.29, 0.717) is 21.5 Å². The van der Waals surface area contributed by atoms with Crippen LogP contribution in [0.25, 0.3) is 0 Å². The summed E-state index contributed by atoms with van der Waals surface area (Å²) in [5, 5.41) is 14.1. The molecule has 2 aromatic rings. The van der Waals surface area contributed by atoms with E-state index in [9.17, 15) is 9.59 Å². The van der Waals surface area contributed by atoms with Crippen molar-refractivity contribution < 1.29 is 14.7 Å². The Morgan fingerprint density at radius 1 is 1.05 bits per heavy atom. The van der Waals surface area contributed by atoms with Gasteiger partial charge in [0.15, 0.2) is 0 Å². The smallest absolute Gasteiger partial charge is 0.335 e. The van der Waals surface area contributed by atoms with Gasteiger partial charge >= 0.3 is 12.0 Å². The molecule has 0 aliphatic carbocycles. The Balaban J connectivity index is 2.15. The lowest BCUT2D eigenvalue weighted by Crippen LogP contribution is -2.20. The van der Waals surface area contributed by atoms with Gasteiger partial charge in [-0.15, -0.1) is 0 Å². The largest absolute Gasteiger partial charge is 0.478 e. The lowest BCUT2D eigenvalue weighted by atomic mass is 10.2. The number of nitrogens with two attached hydrogens (primary N) is 1. The quantitative estimate of drug-likeness (QED) is 0.637. The van der Waals surface area contributed by atoms with E-state index in [1.165, 1.54) is 12.1 Å². The zero-order valence-corrected chi connectivity index (χ0v) is 12.3. The van der Waals surface area contributed by atoms with E-state index in [-0.39, 0.29) is 5.56 Å². The highest BCUT2D eigenvalue weighted by atomic mass is 79.9. The van der Waals surface area contributed by atoms with Crippen LogP contribution in [0, 0.1) is 0 Å². The molecule has 0 bridgehead atoms. The second-order valence-electron chi connectivity index (χ2n) is 4.17. The molecule has 2 amide bonds. The highest BCUT2D eigenvalue weighted by Gasteiger charge is 2.10. The molecule has 2 rings (SSSR count). The molecule has 0 spiro atoms. The van der Waals surface area contributed by atoms with Crippen LogP contribution in [-0.2, 0) is 0 Å². The molecule has 0 atom stereocenters. The molecule has 0 aliphatic heterocycles. The van der Waals surface area contributed by atoms with Crippen molar-refractivity contribution in [2.45, 2.75) is 0 Å². The van der Waals surface area contributed by atoms with Crippen molar-refractivity contribution in [3.63, 3.8) is 0 Å². The van der Waals surface area contributed by atoms with Gasteiger partial charge in [-0.2, -0.15) is 0 Å². The standard InChI is InChI=1S/C14H12BrN3O3/c15-9-6-5-8(13(19)20)7-12(9)18-14(21)17-11-4-2-1-3-10(11)16/h1-7H,16H2,(H,19,20)(H2,17,18,21). The number of carbonyl (C=O) groups excluding carboxylic acids is 1. The van der Waals surface area contributed by atoms with Crippen molar-refractivity contribution >= 4 is 45.0 Å². The van der Waals surface area contributed by atoms with Crippen molar-refractivity contribution in [2.75, 3.05) is 16.4 Å². The summed E-state index contributed by atoms with van der Waals surface area (Å²) in [7, 11) is 0. The molecule has 0 aromatic heterocycles. The van der Waals surface area contributed by atoms with Crippen LogP contribution in [0.4, 0.5) is 21.9 Å². The molecule has 6 nitrogen and oxygen atoms in total. The van der Waals surface area contributed by atoms with Gasteiger partial charge in [0.2, 0.25) is 0 Å². The third kappa shape index (κ3) is 3.73.